The summed E-state index contributed by atoms with van der Waals surface area (Å²) in [6.07, 6.45) is 4.86. The van der Waals surface area contributed by atoms with E-state index < -0.39 is 0 Å². The molecule has 1 aromatic heterocycles. The first-order valence-electron chi connectivity index (χ1n) is 9.84. The summed E-state index contributed by atoms with van der Waals surface area (Å²) in [6, 6.07) is 9.08. The van der Waals surface area contributed by atoms with E-state index in [4.69, 9.17) is 4.74 Å². The summed E-state index contributed by atoms with van der Waals surface area (Å²) in [4.78, 5) is 21.1. The summed E-state index contributed by atoms with van der Waals surface area (Å²) >= 11 is 0. The number of nitrogens with zero attached hydrogens (tertiary/aromatic N) is 3. The molecule has 0 bridgehead atoms. The largest absolute Gasteiger partial charge is 0.494 e. The Bertz CT molecular complexity index is 816. The van der Waals surface area contributed by atoms with E-state index in [2.05, 4.69) is 9.88 Å². The molecule has 0 saturated carbocycles. The van der Waals surface area contributed by atoms with E-state index in [9.17, 15) is 9.18 Å². The summed E-state index contributed by atoms with van der Waals surface area (Å²) in [5, 5.41) is 0. The molecule has 2 aliphatic heterocycles. The summed E-state index contributed by atoms with van der Waals surface area (Å²) < 4.78 is 18.9. The SMILES string of the molecule is COc1ccc(CN2CC3CN(C(=O)CCc4cccnc4)CC3C2)cc1F. The second kappa shape index (κ2) is 8.27. The molecule has 2 aliphatic rings. The number of carbonyl (C=O) groups excluding carboxylic acids is 1. The van der Waals surface area contributed by atoms with E-state index in [0.29, 0.717) is 18.3 Å². The highest BCUT2D eigenvalue weighted by atomic mass is 19.1. The third-order valence-corrected chi connectivity index (χ3v) is 5.89. The molecule has 0 aliphatic carbocycles. The van der Waals surface area contributed by atoms with Crippen LogP contribution >= 0.6 is 0 Å². The quantitative estimate of drug-likeness (QED) is 0.770. The van der Waals surface area contributed by atoms with Crippen molar-refractivity contribution in [3.05, 3.63) is 59.7 Å². The second-order valence-electron chi connectivity index (χ2n) is 7.84. The highest BCUT2D eigenvalue weighted by Gasteiger charge is 2.41. The maximum Gasteiger partial charge on any atom is 0.222 e. The van der Waals surface area contributed by atoms with Gasteiger partial charge >= 0.3 is 0 Å². The van der Waals surface area contributed by atoms with Crippen molar-refractivity contribution in [1.82, 2.24) is 14.8 Å². The van der Waals surface area contributed by atoms with Gasteiger partial charge in [-0.05, 0) is 47.6 Å². The molecule has 4 rings (SSSR count). The molecule has 28 heavy (non-hydrogen) atoms. The number of benzene rings is 1. The van der Waals surface area contributed by atoms with Crippen LogP contribution in [0.25, 0.3) is 0 Å². The van der Waals surface area contributed by atoms with E-state index in [1.807, 2.05) is 29.3 Å². The van der Waals surface area contributed by atoms with Crippen molar-refractivity contribution in [1.29, 1.82) is 0 Å². The molecule has 3 heterocycles. The molecule has 2 fully saturated rings. The molecule has 0 radical (unpaired) electrons. The molecule has 2 saturated heterocycles. The third-order valence-electron chi connectivity index (χ3n) is 5.89. The molecular weight excluding hydrogens is 357 g/mol. The Morgan fingerprint density at radius 2 is 1.96 bits per heavy atom. The highest BCUT2D eigenvalue weighted by molar-refractivity contribution is 5.76. The summed E-state index contributed by atoms with van der Waals surface area (Å²) in [5.41, 5.74) is 2.07. The predicted molar refractivity (Wildman–Crippen MR) is 104 cm³/mol. The number of hydrogen-bond acceptors (Lipinski definition) is 4. The Balaban J connectivity index is 1.26. The number of carbonyl (C=O) groups is 1. The number of halogens is 1. The lowest BCUT2D eigenvalue weighted by Gasteiger charge is -2.22. The monoisotopic (exact) mass is 383 g/mol. The van der Waals surface area contributed by atoms with Crippen molar-refractivity contribution in [3.63, 3.8) is 0 Å². The number of pyridine rings is 1. The first-order valence-corrected chi connectivity index (χ1v) is 9.84. The van der Waals surface area contributed by atoms with Gasteiger partial charge in [0.05, 0.1) is 7.11 Å². The van der Waals surface area contributed by atoms with Crippen LogP contribution in [0, 0.1) is 17.7 Å². The van der Waals surface area contributed by atoms with E-state index >= 15 is 0 Å². The normalized spacial score (nSPS) is 21.7. The van der Waals surface area contributed by atoms with Crippen molar-refractivity contribution in [2.24, 2.45) is 11.8 Å². The maximum absolute atomic E-state index is 13.9. The van der Waals surface area contributed by atoms with E-state index in [1.54, 1.807) is 18.3 Å². The number of ether oxygens (including phenoxy) is 1. The van der Waals surface area contributed by atoms with Crippen molar-refractivity contribution in [2.75, 3.05) is 33.3 Å². The molecule has 2 atom stereocenters. The fourth-order valence-corrected chi connectivity index (χ4v) is 4.44. The highest BCUT2D eigenvalue weighted by Crippen LogP contribution is 2.32. The molecule has 148 valence electrons. The average molecular weight is 383 g/mol. The fraction of sp³-hybridized carbons (Fsp3) is 0.455. The van der Waals surface area contributed by atoms with E-state index in [-0.39, 0.29) is 17.5 Å². The van der Waals surface area contributed by atoms with Gasteiger partial charge in [-0.2, -0.15) is 0 Å². The first-order chi connectivity index (χ1) is 13.6. The minimum absolute atomic E-state index is 0.238. The van der Waals surface area contributed by atoms with Crippen LogP contribution in [0.2, 0.25) is 0 Å². The van der Waals surface area contributed by atoms with Gasteiger partial charge in [-0.3, -0.25) is 14.7 Å². The maximum atomic E-state index is 13.9. The number of hydrogen-bond donors (Lipinski definition) is 0. The van der Waals surface area contributed by atoms with Gasteiger partial charge in [0.2, 0.25) is 5.91 Å². The number of methoxy groups -OCH3 is 1. The fourth-order valence-electron chi connectivity index (χ4n) is 4.44. The van der Waals surface area contributed by atoms with E-state index in [0.717, 1.165) is 50.3 Å². The zero-order valence-corrected chi connectivity index (χ0v) is 16.2. The molecule has 5 nitrogen and oxygen atoms in total. The predicted octanol–water partition coefficient (Wildman–Crippen LogP) is 2.75. The topological polar surface area (TPSA) is 45.7 Å². The minimum atomic E-state index is -0.315. The Labute approximate surface area is 165 Å². The Morgan fingerprint density at radius 1 is 1.18 bits per heavy atom. The van der Waals surface area contributed by atoms with Gasteiger partial charge in [0, 0.05) is 51.5 Å². The Morgan fingerprint density at radius 3 is 2.61 bits per heavy atom. The zero-order valence-electron chi connectivity index (χ0n) is 16.2. The first kappa shape index (κ1) is 18.9. The van der Waals surface area contributed by atoms with Crippen LogP contribution in [0.15, 0.2) is 42.7 Å². The van der Waals surface area contributed by atoms with Gasteiger partial charge in [0.15, 0.2) is 11.6 Å². The molecule has 6 heteroatoms. The van der Waals surface area contributed by atoms with Crippen LogP contribution in [0.5, 0.6) is 5.75 Å². The molecular formula is C22H26FN3O2. The minimum Gasteiger partial charge on any atom is -0.494 e. The zero-order chi connectivity index (χ0) is 19.5. The van der Waals surface area contributed by atoms with Gasteiger partial charge in [0.1, 0.15) is 0 Å². The van der Waals surface area contributed by atoms with Crippen LogP contribution in [-0.2, 0) is 17.8 Å². The average Bonchev–Trinajstić information content (AvgIpc) is 3.26. The van der Waals surface area contributed by atoms with Crippen LogP contribution in [0.3, 0.4) is 0 Å². The third kappa shape index (κ3) is 4.17. The number of rotatable bonds is 6. The molecule has 1 amide bonds. The van der Waals surface area contributed by atoms with Crippen molar-refractivity contribution in [3.8, 4) is 5.75 Å². The number of amides is 1. The Kier molecular flexibility index (Phi) is 5.57. The van der Waals surface area contributed by atoms with E-state index in [1.165, 1.54) is 7.11 Å². The lowest BCUT2D eigenvalue weighted by Crippen LogP contribution is -2.33. The van der Waals surface area contributed by atoms with Gasteiger partial charge in [-0.15, -0.1) is 0 Å². The molecule has 1 aromatic carbocycles. The van der Waals surface area contributed by atoms with Crippen molar-refractivity contribution < 1.29 is 13.9 Å². The number of likely N-dealkylation sites (tertiary alicyclic amines) is 2. The smallest absolute Gasteiger partial charge is 0.222 e. The van der Waals surface area contributed by atoms with Crippen LogP contribution in [-0.4, -0.2) is 54.0 Å². The number of fused-ring (bicyclic) bond motifs is 1. The van der Waals surface area contributed by atoms with Gasteiger partial charge in [-0.1, -0.05) is 12.1 Å². The van der Waals surface area contributed by atoms with Crippen LogP contribution < -0.4 is 4.74 Å². The lowest BCUT2D eigenvalue weighted by molar-refractivity contribution is -0.130. The lowest BCUT2D eigenvalue weighted by atomic mass is 10.0. The van der Waals surface area contributed by atoms with Gasteiger partial charge < -0.3 is 9.64 Å². The van der Waals surface area contributed by atoms with Crippen molar-refractivity contribution >= 4 is 5.91 Å². The van der Waals surface area contributed by atoms with Gasteiger partial charge in [-0.25, -0.2) is 4.39 Å². The molecule has 2 aromatic rings. The summed E-state index contributed by atoms with van der Waals surface area (Å²) in [6.45, 7) is 4.34. The van der Waals surface area contributed by atoms with Crippen LogP contribution in [0.1, 0.15) is 17.5 Å². The molecule has 2 unspecified atom stereocenters. The molecule has 0 N–H and O–H groups in total. The number of aromatic nitrogens is 1. The van der Waals surface area contributed by atoms with Crippen molar-refractivity contribution in [2.45, 2.75) is 19.4 Å². The standard InChI is InChI=1S/C22H26FN3O2/c1-28-21-6-4-17(9-20(21)23)11-25-12-18-14-26(15-19(18)13-25)22(27)7-5-16-3-2-8-24-10-16/h2-4,6,8-10,18-19H,5,7,11-15H2,1H3. The van der Waals surface area contributed by atoms with Gasteiger partial charge in [0.25, 0.3) is 0 Å². The summed E-state index contributed by atoms with van der Waals surface area (Å²) in [7, 11) is 1.48. The Hall–Kier alpha value is -2.47. The van der Waals surface area contributed by atoms with Crippen LogP contribution in [0.4, 0.5) is 4.39 Å². The number of aryl methyl sites for hydroxylation is 1. The second-order valence-corrected chi connectivity index (χ2v) is 7.84. The summed E-state index contributed by atoms with van der Waals surface area (Å²) in [5.74, 6) is 1.24. The molecule has 0 spiro atoms.